The number of allylic oxidation sites excluding steroid dienone is 2. The number of hydrogen-bond donors (Lipinski definition) is 0. The molecule has 0 atom stereocenters. The van der Waals surface area contributed by atoms with Gasteiger partial charge in [0.25, 0.3) is 0 Å². The minimum atomic E-state index is -0.227. The summed E-state index contributed by atoms with van der Waals surface area (Å²) in [5, 5.41) is 3.76. The number of thiophene rings is 3. The van der Waals surface area contributed by atoms with Crippen molar-refractivity contribution in [3.8, 4) is 0 Å². The van der Waals surface area contributed by atoms with Crippen LogP contribution in [0, 0.1) is 0 Å². The Hall–Kier alpha value is -5.74. The van der Waals surface area contributed by atoms with Gasteiger partial charge in [-0.2, -0.15) is 0 Å². The first-order chi connectivity index (χ1) is 24.7. The van der Waals surface area contributed by atoms with Crippen LogP contribution in [0.3, 0.4) is 0 Å². The Morgan fingerprint density at radius 3 is 1.12 bits per heavy atom. The highest BCUT2D eigenvalue weighted by Crippen LogP contribution is 2.49. The Labute approximate surface area is 300 Å². The van der Waals surface area contributed by atoms with Crippen LogP contribution in [-0.2, 0) is 14.1 Å². The van der Waals surface area contributed by atoms with E-state index in [1.807, 2.05) is 72.8 Å². The second-order valence-corrected chi connectivity index (χ2v) is 16.4. The maximum atomic E-state index is 13.5. The van der Waals surface area contributed by atoms with Gasteiger partial charge >= 0.3 is 0 Å². The molecule has 4 aromatic carbocycles. The summed E-state index contributed by atoms with van der Waals surface area (Å²) in [5.74, 6) is -0.910. The predicted molar refractivity (Wildman–Crippen MR) is 209 cm³/mol. The number of rotatable bonds is 2. The lowest BCUT2D eigenvalue weighted by atomic mass is 10.0. The van der Waals surface area contributed by atoms with E-state index in [2.05, 4.69) is 35.4 Å². The Kier molecular flexibility index (Phi) is 5.66. The molecule has 5 heterocycles. The van der Waals surface area contributed by atoms with Crippen LogP contribution in [0.5, 0.6) is 0 Å². The average Bonchev–Trinajstić information content (AvgIpc) is 3.99. The van der Waals surface area contributed by atoms with E-state index in [9.17, 15) is 19.2 Å². The fraction of sp³-hybridized carbons (Fsp3) is 0.0476. The number of hydrogen-bond acceptors (Lipinski definition) is 7. The summed E-state index contributed by atoms with van der Waals surface area (Å²) in [4.78, 5) is 55.5. The Balaban J connectivity index is 0.992. The number of carbonyl (C=O) groups excluding carboxylic acids is 4. The smallest absolute Gasteiger partial charge is 0.197 e. The third-order valence-corrected chi connectivity index (χ3v) is 14.1. The van der Waals surface area contributed by atoms with E-state index < -0.39 is 0 Å². The molecule has 51 heavy (non-hydrogen) atoms. The van der Waals surface area contributed by atoms with Crippen LogP contribution in [0.25, 0.3) is 74.6 Å². The number of ketones is 4. The summed E-state index contributed by atoms with van der Waals surface area (Å²) in [6.45, 7) is 0. The molecule has 9 heteroatoms. The van der Waals surface area contributed by atoms with Gasteiger partial charge in [-0.25, -0.2) is 0 Å². The molecule has 0 saturated heterocycles. The van der Waals surface area contributed by atoms with Crippen LogP contribution in [0.1, 0.15) is 51.2 Å². The van der Waals surface area contributed by atoms with Gasteiger partial charge < -0.3 is 9.13 Å². The van der Waals surface area contributed by atoms with Gasteiger partial charge in [0.2, 0.25) is 0 Å². The summed E-state index contributed by atoms with van der Waals surface area (Å²) < 4.78 is 8.93. The quantitative estimate of drug-likeness (QED) is 0.132. The highest BCUT2D eigenvalue weighted by molar-refractivity contribution is 7.34. The lowest BCUT2D eigenvalue weighted by Crippen LogP contribution is -1.99. The van der Waals surface area contributed by atoms with Crippen molar-refractivity contribution in [1.29, 1.82) is 0 Å². The number of nitrogens with zero attached hydrogens (tertiary/aromatic N) is 2. The molecule has 11 rings (SSSR count). The van der Waals surface area contributed by atoms with Gasteiger partial charge in [0, 0.05) is 46.1 Å². The van der Waals surface area contributed by atoms with Crippen molar-refractivity contribution >= 4 is 132 Å². The zero-order chi connectivity index (χ0) is 34.4. The molecule has 5 aromatic heterocycles. The number of Topliss-reactive ketones (excluding diaryl/α,β-unsaturated/α-hetero) is 4. The van der Waals surface area contributed by atoms with E-state index in [4.69, 9.17) is 0 Å². The highest BCUT2D eigenvalue weighted by atomic mass is 32.1. The molecule has 2 aliphatic carbocycles. The number of aryl methyl sites for hydroxylation is 2. The molecule has 0 bridgehead atoms. The number of carbonyl (C=O) groups is 4. The summed E-state index contributed by atoms with van der Waals surface area (Å²) in [6, 6.07) is 27.0. The molecule has 0 saturated carbocycles. The molecule has 242 valence electrons. The van der Waals surface area contributed by atoms with Gasteiger partial charge in [0.1, 0.15) is 0 Å². The highest BCUT2D eigenvalue weighted by Gasteiger charge is 2.35. The molecular weight excluding hydrogens is 693 g/mol. The first-order valence-electron chi connectivity index (χ1n) is 16.4. The van der Waals surface area contributed by atoms with E-state index in [1.54, 1.807) is 46.2 Å². The van der Waals surface area contributed by atoms with Crippen molar-refractivity contribution in [3.05, 3.63) is 128 Å². The van der Waals surface area contributed by atoms with E-state index in [0.29, 0.717) is 22.3 Å². The molecule has 0 radical (unpaired) electrons. The zero-order valence-corrected chi connectivity index (χ0v) is 29.4. The van der Waals surface area contributed by atoms with Crippen LogP contribution in [-0.4, -0.2) is 32.3 Å². The van der Waals surface area contributed by atoms with Gasteiger partial charge in [0.15, 0.2) is 23.1 Å². The molecule has 0 unspecified atom stereocenters. The monoisotopic (exact) mass is 714 g/mol. The van der Waals surface area contributed by atoms with Gasteiger partial charge in [-0.3, -0.25) is 19.2 Å². The first-order valence-corrected chi connectivity index (χ1v) is 18.8. The second-order valence-electron chi connectivity index (χ2n) is 13.2. The van der Waals surface area contributed by atoms with E-state index in [0.717, 1.165) is 72.2 Å². The van der Waals surface area contributed by atoms with E-state index in [-0.39, 0.29) is 34.3 Å². The zero-order valence-electron chi connectivity index (χ0n) is 27.0. The van der Waals surface area contributed by atoms with Crippen LogP contribution in [0.4, 0.5) is 0 Å². The maximum Gasteiger partial charge on any atom is 0.197 e. The largest absolute Gasteiger partial charge is 0.340 e. The molecular formula is C42H22N2O4S3. The first kappa shape index (κ1) is 29.0. The molecule has 2 aliphatic rings. The number of fused-ring (bicyclic) bond motifs is 11. The van der Waals surface area contributed by atoms with Crippen LogP contribution >= 0.6 is 34.0 Å². The Morgan fingerprint density at radius 2 is 0.784 bits per heavy atom. The summed E-state index contributed by atoms with van der Waals surface area (Å²) in [5.41, 5.74) is 6.65. The average molecular weight is 715 g/mol. The Bertz CT molecular complexity index is 2920. The van der Waals surface area contributed by atoms with Crippen LogP contribution < -0.4 is 0 Å². The topological polar surface area (TPSA) is 78.1 Å². The molecule has 0 N–H and O–H groups in total. The van der Waals surface area contributed by atoms with Crippen molar-refractivity contribution in [2.24, 2.45) is 14.1 Å². The predicted octanol–water partition coefficient (Wildman–Crippen LogP) is 10.4. The van der Waals surface area contributed by atoms with Crippen molar-refractivity contribution in [2.45, 2.75) is 0 Å². The lowest BCUT2D eigenvalue weighted by molar-refractivity contribution is 0.0975. The molecule has 0 fully saturated rings. The fourth-order valence-electron chi connectivity index (χ4n) is 7.92. The lowest BCUT2D eigenvalue weighted by Gasteiger charge is -2.00. The molecule has 0 spiro atoms. The summed E-state index contributed by atoms with van der Waals surface area (Å²) in [6.07, 6.45) is 3.51. The minimum absolute atomic E-state index is 0.206. The SMILES string of the molecule is Cn1c2cc(C=C3C(=O)c4cc5ccccc5cc4C3=O)sc2c2sc3c4sc(C=C5C(=O)c6cc7ccccc7cc6C5=O)cc4n(C)c3c21. The summed E-state index contributed by atoms with van der Waals surface area (Å²) >= 11 is 4.91. The van der Waals surface area contributed by atoms with Crippen molar-refractivity contribution < 1.29 is 19.2 Å². The van der Waals surface area contributed by atoms with Gasteiger partial charge in [-0.15, -0.1) is 34.0 Å². The molecule has 6 nitrogen and oxygen atoms in total. The van der Waals surface area contributed by atoms with Crippen molar-refractivity contribution in [3.63, 3.8) is 0 Å². The Morgan fingerprint density at radius 1 is 0.451 bits per heavy atom. The van der Waals surface area contributed by atoms with E-state index >= 15 is 0 Å². The van der Waals surface area contributed by atoms with Gasteiger partial charge in [-0.05, 0) is 70.1 Å². The third kappa shape index (κ3) is 3.80. The van der Waals surface area contributed by atoms with Crippen molar-refractivity contribution in [1.82, 2.24) is 9.13 Å². The number of benzene rings is 4. The van der Waals surface area contributed by atoms with Crippen LogP contribution in [0.15, 0.2) is 96.1 Å². The van der Waals surface area contributed by atoms with Crippen LogP contribution in [0.2, 0.25) is 0 Å². The van der Waals surface area contributed by atoms with Crippen molar-refractivity contribution in [2.75, 3.05) is 0 Å². The summed E-state index contributed by atoms with van der Waals surface area (Å²) in [7, 11) is 4.12. The molecule has 9 aromatic rings. The second kappa shape index (κ2) is 9.95. The fourth-order valence-corrected chi connectivity index (χ4v) is 11.8. The number of aromatic nitrogens is 2. The van der Waals surface area contributed by atoms with Gasteiger partial charge in [-0.1, -0.05) is 48.5 Å². The normalized spacial score (nSPS) is 14.5. The van der Waals surface area contributed by atoms with Gasteiger partial charge in [0.05, 0.1) is 52.0 Å². The maximum absolute atomic E-state index is 13.5. The van der Waals surface area contributed by atoms with E-state index in [1.165, 1.54) is 0 Å². The minimum Gasteiger partial charge on any atom is -0.340 e. The molecule has 0 aliphatic heterocycles. The standard InChI is InChI=1S/C42H22N2O4S3/c1-43-31-17-23(15-29-35(45)25-11-19-7-3-4-8-20(19)12-26(25)36(29)46)49-39(31)41-33(43)34-42(51-41)40-32(44(34)2)18-24(50-40)16-30-37(47)27-13-21-9-5-6-10-22(21)14-28(27)38(30)48/h3-18H,1-2H3. The molecule has 0 amide bonds. The third-order valence-electron chi connectivity index (χ3n) is 10.4.